The number of rotatable bonds is 15. The maximum absolute atomic E-state index is 12.2. The molecule has 4 rings (SSSR count). The van der Waals surface area contributed by atoms with E-state index in [-0.39, 0.29) is 135 Å². The number of phosphoric acid groups is 2. The summed E-state index contributed by atoms with van der Waals surface area (Å²) >= 11 is 0. The van der Waals surface area contributed by atoms with Gasteiger partial charge in [-0.25, -0.2) is 19.3 Å². The fourth-order valence-electron chi connectivity index (χ4n) is 4.51. The maximum atomic E-state index is 12.2. The number of phosphoric ester groups is 2. The molecule has 7 N–H and O–H groups in total. The van der Waals surface area contributed by atoms with Crippen molar-refractivity contribution in [2.45, 2.75) is 67.6 Å². The number of imidazole rings is 1. The first-order valence-electron chi connectivity index (χ1n) is 13.2. The smallest absolute Gasteiger partial charge is 0.756 e. The minimum Gasteiger partial charge on any atom is -0.756 e. The van der Waals surface area contributed by atoms with Crippen LogP contribution < -0.4 is 144 Å². The molecule has 0 amide bonds. The predicted octanol–water partition coefficient (Wildman–Crippen LogP) is -20.0. The molecule has 2 aromatic rings. The molecule has 31 heteroatoms. The number of carbonyl (C=O) groups excluding carboxylic acids is 3. The van der Waals surface area contributed by atoms with Crippen molar-refractivity contribution in [3.63, 3.8) is 0 Å². The molecule has 11 atom stereocenters. The number of anilines is 1. The van der Waals surface area contributed by atoms with Crippen molar-refractivity contribution in [1.29, 1.82) is 0 Å². The minimum absolute atomic E-state index is 0. The largest absolute Gasteiger partial charge is 1.00 e. The first kappa shape index (κ1) is 52.7. The van der Waals surface area contributed by atoms with E-state index in [9.17, 15) is 69.0 Å². The van der Waals surface area contributed by atoms with Crippen molar-refractivity contribution in [3.05, 3.63) is 12.7 Å². The number of aromatic nitrogens is 4. The zero-order valence-corrected chi connectivity index (χ0v) is 37.5. The number of carbonyl (C=O) groups is 3. The normalized spacial score (nSPS) is 28.8. The fourth-order valence-corrected chi connectivity index (χ4v) is 6.53. The van der Waals surface area contributed by atoms with Crippen molar-refractivity contribution in [3.8, 4) is 0 Å². The molecule has 2 aliphatic rings. The Balaban J connectivity index is 0.00000650. The van der Waals surface area contributed by atoms with E-state index >= 15 is 0 Å². The average molecular weight is 821 g/mol. The topological polar surface area (TPSA) is 404 Å². The zero-order chi connectivity index (χ0) is 35.8. The minimum atomic E-state index is -5.87. The molecular formula is C21H25N5Na4O20P2. The van der Waals surface area contributed by atoms with E-state index in [0.717, 1.165) is 12.7 Å². The summed E-state index contributed by atoms with van der Waals surface area (Å²) in [6.07, 6.45) is -15.6. The maximum Gasteiger partial charge on any atom is 1.00 e. The molecule has 2 aliphatic heterocycles. The third-order valence-corrected chi connectivity index (χ3v) is 9.36. The first-order valence-corrected chi connectivity index (χ1v) is 16.1. The van der Waals surface area contributed by atoms with Gasteiger partial charge in [0.15, 0.2) is 30.1 Å². The molecule has 2 aromatic heterocycles. The van der Waals surface area contributed by atoms with E-state index in [0.29, 0.717) is 0 Å². The van der Waals surface area contributed by atoms with Gasteiger partial charge in [-0.1, -0.05) is 0 Å². The summed E-state index contributed by atoms with van der Waals surface area (Å²) in [4.78, 5) is 69.9. The van der Waals surface area contributed by atoms with Gasteiger partial charge in [-0.3, -0.25) is 18.5 Å². The third-order valence-electron chi connectivity index (χ3n) is 6.83. The van der Waals surface area contributed by atoms with E-state index in [1.165, 1.54) is 4.57 Å². The molecular weight excluding hydrogens is 796 g/mol. The number of carboxylic acid groups (broad SMARTS) is 2. The van der Waals surface area contributed by atoms with Gasteiger partial charge in [0, 0.05) is 12.4 Å². The Hall–Kier alpha value is 0.740. The van der Waals surface area contributed by atoms with E-state index in [4.69, 9.17) is 15.2 Å². The summed E-state index contributed by atoms with van der Waals surface area (Å²) in [5.74, 6) is -6.15. The number of carboxylic acids is 2. The summed E-state index contributed by atoms with van der Waals surface area (Å²) < 4.78 is 53.2. The Morgan fingerprint density at radius 1 is 0.885 bits per heavy atom. The molecule has 0 aromatic carbocycles. The van der Waals surface area contributed by atoms with Crippen LogP contribution in [0.2, 0.25) is 0 Å². The van der Waals surface area contributed by atoms with Gasteiger partial charge in [0.1, 0.15) is 48.0 Å². The number of nitrogen functional groups attached to an aromatic ring is 1. The number of aliphatic hydroxyl groups is 5. The molecule has 0 bridgehead atoms. The number of hydrogen-bond donors (Lipinski definition) is 6. The fraction of sp³-hybridized carbons (Fsp3) is 0.619. The van der Waals surface area contributed by atoms with Gasteiger partial charge in [-0.15, -0.1) is 0 Å². The molecule has 4 heterocycles. The molecule has 0 spiro atoms. The quantitative estimate of drug-likeness (QED) is 0.0552. The van der Waals surface area contributed by atoms with Crippen LogP contribution in [0, 0.1) is 0 Å². The number of nitrogens with zero attached hydrogens (tertiary/aromatic N) is 4. The van der Waals surface area contributed by atoms with Crippen molar-refractivity contribution < 1.29 is 215 Å². The number of esters is 1. The second-order valence-electron chi connectivity index (χ2n) is 10.3. The number of hydrogen-bond acceptors (Lipinski definition) is 24. The molecule has 52 heavy (non-hydrogen) atoms. The summed E-state index contributed by atoms with van der Waals surface area (Å²) in [5.41, 5.74) is 2.63. The molecule has 2 fully saturated rings. The Bertz CT molecular complexity index is 1650. The van der Waals surface area contributed by atoms with E-state index in [2.05, 4.69) is 33.0 Å². The van der Waals surface area contributed by atoms with Crippen LogP contribution in [0.5, 0.6) is 0 Å². The molecule has 0 saturated carbocycles. The van der Waals surface area contributed by atoms with E-state index in [1.807, 2.05) is 0 Å². The van der Waals surface area contributed by atoms with Crippen LogP contribution in [-0.4, -0.2) is 125 Å². The summed E-state index contributed by atoms with van der Waals surface area (Å²) in [6, 6.07) is 0. The van der Waals surface area contributed by atoms with Crippen molar-refractivity contribution in [1.82, 2.24) is 19.5 Å². The number of fused-ring (bicyclic) bond motifs is 1. The van der Waals surface area contributed by atoms with Crippen LogP contribution in [0.3, 0.4) is 0 Å². The SMILES string of the molecule is Nc1ncnc2c1ncn2[C@@H]1O[C@H](COP(=O)([O-])OP(=O)([O-])OC[C@H]2OC(O)[C@H](OC(=O)CC(O)(CC(=O)[O-])C(=O)[O-])[C@@H]2O)[C@@H](O)[C@H]1O.[Na+].[Na+].[Na+].[Na+]. The van der Waals surface area contributed by atoms with Crippen molar-refractivity contribution in [2.24, 2.45) is 0 Å². The Morgan fingerprint density at radius 3 is 1.98 bits per heavy atom. The molecule has 0 aliphatic carbocycles. The van der Waals surface area contributed by atoms with Gasteiger partial charge < -0.3 is 84.1 Å². The summed E-state index contributed by atoms with van der Waals surface area (Å²) in [7, 11) is -11.7. The Labute approximate surface area is 379 Å². The van der Waals surface area contributed by atoms with Gasteiger partial charge in [0.25, 0.3) is 15.6 Å². The van der Waals surface area contributed by atoms with Gasteiger partial charge >= 0.3 is 124 Å². The molecule has 2 saturated heterocycles. The number of nitrogens with two attached hydrogens (primary N) is 1. The molecule has 0 radical (unpaired) electrons. The first-order chi connectivity index (χ1) is 22.2. The number of ether oxygens (including phenoxy) is 3. The van der Waals surface area contributed by atoms with Crippen LogP contribution in [0.15, 0.2) is 12.7 Å². The van der Waals surface area contributed by atoms with E-state index < -0.39 is 114 Å². The van der Waals surface area contributed by atoms with Gasteiger partial charge in [0.05, 0.1) is 31.9 Å². The molecule has 25 nitrogen and oxygen atoms in total. The number of aliphatic carboxylic acids is 2. The van der Waals surface area contributed by atoms with E-state index in [1.54, 1.807) is 0 Å². The van der Waals surface area contributed by atoms with Crippen LogP contribution >= 0.6 is 15.6 Å². The summed E-state index contributed by atoms with van der Waals surface area (Å²) in [6.45, 7) is -2.36. The van der Waals surface area contributed by atoms with Crippen molar-refractivity contribution in [2.75, 3.05) is 18.9 Å². The third kappa shape index (κ3) is 13.1. The average Bonchev–Trinajstić information content (AvgIpc) is 3.60. The van der Waals surface area contributed by atoms with Crippen LogP contribution in [0.4, 0.5) is 5.82 Å². The van der Waals surface area contributed by atoms with Gasteiger partial charge in [-0.05, 0) is 0 Å². The van der Waals surface area contributed by atoms with Crippen molar-refractivity contribution >= 4 is 50.5 Å². The van der Waals surface area contributed by atoms with Gasteiger partial charge in [-0.2, -0.15) is 0 Å². The summed E-state index contributed by atoms with van der Waals surface area (Å²) in [5, 5.41) is 72.6. The molecule has 4 unspecified atom stereocenters. The Kier molecular flexibility index (Phi) is 21.8. The second kappa shape index (κ2) is 21.5. The standard InChI is InChI=1S/C21H29N5O20P2.4Na/c22-16-11-17(24-5-23-16)26(6-25-11)18-14(32)12(30)7(43-18)3-41-47(37,38)46-48(39,40)42-4-8-13(31)15(19(33)44-8)45-10(29)2-21(36,20(34)35)1-9(27)28;;;;/h5-8,12-15,18-19,30-33,36H,1-4H2,(H,27,28)(H,34,35)(H,37,38)(H,39,40)(H2,22,23,24);;;;/q;4*+1/p-4/t7-,8-,12-,13-,14-,15-,18-,19?,21?;;;;/m1..../s1. The molecule has 268 valence electrons. The van der Waals surface area contributed by atoms with Gasteiger partial charge in [0.2, 0.25) is 0 Å². The number of aliphatic hydroxyl groups excluding tert-OH is 4. The zero-order valence-electron chi connectivity index (χ0n) is 27.7. The second-order valence-corrected chi connectivity index (χ2v) is 13.2. The Morgan fingerprint density at radius 2 is 1.44 bits per heavy atom. The van der Waals surface area contributed by atoms with Crippen LogP contribution in [-0.2, 0) is 51.1 Å². The van der Waals surface area contributed by atoms with Crippen LogP contribution in [0.25, 0.3) is 11.2 Å². The monoisotopic (exact) mass is 821 g/mol. The van der Waals surface area contributed by atoms with Crippen LogP contribution in [0.1, 0.15) is 19.1 Å². The predicted molar refractivity (Wildman–Crippen MR) is 135 cm³/mol.